The van der Waals surface area contributed by atoms with Gasteiger partial charge in [0.05, 0.1) is 57.6 Å². The number of benzene rings is 2. The number of ether oxygens (including phenoxy) is 3. The number of hydrogen-bond acceptors (Lipinski definition) is 9. The van der Waals surface area contributed by atoms with E-state index in [1.807, 2.05) is 0 Å². The fourth-order valence-electron chi connectivity index (χ4n) is 5.92. The third-order valence-corrected chi connectivity index (χ3v) is 10.7. The van der Waals surface area contributed by atoms with Crippen molar-refractivity contribution in [3.05, 3.63) is 71.2 Å². The topological polar surface area (TPSA) is 148 Å². The van der Waals surface area contributed by atoms with Gasteiger partial charge in [-0.05, 0) is 116 Å². The Balaban J connectivity index is 1.63. The minimum absolute atomic E-state index is 0.00929. The first-order chi connectivity index (χ1) is 25.5. The van der Waals surface area contributed by atoms with Gasteiger partial charge in [0.2, 0.25) is 5.60 Å². The van der Waals surface area contributed by atoms with E-state index in [-0.39, 0.29) is 59.7 Å². The molecule has 0 radical (unpaired) electrons. The maximum absolute atomic E-state index is 15.3. The number of aliphatic hydroxyl groups excluding tert-OH is 1. The molecule has 1 aliphatic heterocycles. The van der Waals surface area contributed by atoms with Crippen molar-refractivity contribution in [3.63, 3.8) is 0 Å². The highest BCUT2D eigenvalue weighted by Gasteiger charge is 2.57. The minimum atomic E-state index is -5.38. The highest BCUT2D eigenvalue weighted by molar-refractivity contribution is 7.84. The molecule has 2 aromatic carbocycles. The van der Waals surface area contributed by atoms with Crippen LogP contribution >= 0.6 is 0 Å². The number of aromatic nitrogens is 1. The van der Waals surface area contributed by atoms with E-state index in [2.05, 4.69) is 9.71 Å². The number of rotatable bonds is 13. The van der Waals surface area contributed by atoms with Crippen molar-refractivity contribution in [2.24, 2.45) is 0 Å². The van der Waals surface area contributed by atoms with Gasteiger partial charge in [-0.3, -0.25) is 9.69 Å². The summed E-state index contributed by atoms with van der Waals surface area (Å²) in [6, 6.07) is 9.87. The Bertz CT molecular complexity index is 1940. The number of pyridine rings is 1. The van der Waals surface area contributed by atoms with Gasteiger partial charge < -0.3 is 24.4 Å². The molecular weight excluding hydrogens is 747 g/mol. The Morgan fingerprint density at radius 1 is 1.02 bits per heavy atom. The highest BCUT2D eigenvalue weighted by atomic mass is 32.2. The van der Waals surface area contributed by atoms with Crippen molar-refractivity contribution in [1.29, 1.82) is 0 Å². The predicted octanol–water partition coefficient (Wildman–Crippen LogP) is 7.24. The summed E-state index contributed by atoms with van der Waals surface area (Å²) in [6.45, 7) is 10.8. The van der Waals surface area contributed by atoms with Gasteiger partial charge in [0, 0.05) is 23.1 Å². The average Bonchev–Trinajstić information content (AvgIpc) is 3.86. The van der Waals surface area contributed by atoms with Crippen LogP contribution < -0.4 is 19.1 Å². The van der Waals surface area contributed by atoms with E-state index >= 15 is 13.2 Å². The lowest BCUT2D eigenvalue weighted by molar-refractivity contribution is -0.270. The number of ketones is 1. The summed E-state index contributed by atoms with van der Waals surface area (Å²) in [5.74, 6) is -0.942. The number of amides is 1. The second-order valence-corrected chi connectivity index (χ2v) is 17.9. The van der Waals surface area contributed by atoms with Crippen molar-refractivity contribution in [3.8, 4) is 22.8 Å². The minimum Gasteiger partial charge on any atom is -0.487 e. The normalized spacial score (nSPS) is 19.0. The van der Waals surface area contributed by atoms with Crippen LogP contribution in [0.2, 0.25) is 0 Å². The molecule has 3 atom stereocenters. The van der Waals surface area contributed by atoms with Gasteiger partial charge in [0.15, 0.2) is 17.3 Å². The predicted molar refractivity (Wildman–Crippen MR) is 198 cm³/mol. The van der Waals surface area contributed by atoms with E-state index in [0.29, 0.717) is 5.75 Å². The molecule has 1 unspecified atom stereocenters. The lowest BCUT2D eigenvalue weighted by Gasteiger charge is -2.33. The van der Waals surface area contributed by atoms with Gasteiger partial charge in [-0.15, -0.1) is 0 Å². The summed E-state index contributed by atoms with van der Waals surface area (Å²) in [4.78, 5) is 32.8. The van der Waals surface area contributed by atoms with Crippen LogP contribution in [0.3, 0.4) is 0 Å². The molecule has 3 aromatic rings. The molecule has 11 nitrogen and oxygen atoms in total. The monoisotopic (exact) mass is 793 g/mol. The third-order valence-electron chi connectivity index (χ3n) is 8.98. The molecular formula is C39H47F4N3O8S. The van der Waals surface area contributed by atoms with Crippen LogP contribution in [0.4, 0.5) is 28.0 Å². The number of nitrogens with one attached hydrogen (secondary N) is 1. The number of halogens is 4. The van der Waals surface area contributed by atoms with Gasteiger partial charge in [-0.2, -0.15) is 13.2 Å². The molecule has 0 saturated heterocycles. The molecule has 55 heavy (non-hydrogen) atoms. The molecule has 1 saturated carbocycles. The SMILES string of the molecule is CC(C)(C)OC(=O)N1C[C@@](C)(NS(=O)C(C)(C)C)c2cc([C@](O)(CCC(=O)c3ccc(OC4CC4)c(OCCO)c3)C(F)(F)F)nc(-c3ccc(F)cc3)c21. The Morgan fingerprint density at radius 3 is 2.24 bits per heavy atom. The lowest BCUT2D eigenvalue weighted by atomic mass is 9.86. The van der Waals surface area contributed by atoms with Crippen LogP contribution in [0, 0.1) is 5.82 Å². The van der Waals surface area contributed by atoms with Gasteiger partial charge in [-0.1, -0.05) is 0 Å². The van der Waals surface area contributed by atoms with Crippen LogP contribution in [0.1, 0.15) is 95.8 Å². The second-order valence-electron chi connectivity index (χ2n) is 16.0. The fraction of sp³-hybridized carbons (Fsp3) is 0.513. The molecule has 1 aliphatic carbocycles. The number of fused-ring (bicyclic) bond motifs is 1. The zero-order valence-electron chi connectivity index (χ0n) is 31.8. The molecule has 300 valence electrons. The fourth-order valence-corrected chi connectivity index (χ4v) is 6.81. The quantitative estimate of drug-likeness (QED) is 0.120. The molecule has 16 heteroatoms. The first kappa shape index (κ1) is 42.0. The Morgan fingerprint density at radius 2 is 1.67 bits per heavy atom. The van der Waals surface area contributed by atoms with Crippen molar-refractivity contribution in [2.75, 3.05) is 24.7 Å². The first-order valence-electron chi connectivity index (χ1n) is 17.8. The molecule has 1 fully saturated rings. The molecule has 0 spiro atoms. The summed E-state index contributed by atoms with van der Waals surface area (Å²) in [5.41, 5.74) is -7.16. The van der Waals surface area contributed by atoms with Crippen LogP contribution in [0.15, 0.2) is 48.5 Å². The summed E-state index contributed by atoms with van der Waals surface area (Å²) >= 11 is 0. The molecule has 3 N–H and O–H groups in total. The van der Waals surface area contributed by atoms with Crippen LogP contribution in [-0.4, -0.2) is 73.7 Å². The van der Waals surface area contributed by atoms with Crippen molar-refractivity contribution < 1.29 is 55.8 Å². The maximum Gasteiger partial charge on any atom is 0.422 e. The summed E-state index contributed by atoms with van der Waals surface area (Å²) in [6.07, 6.45) is -6.57. The number of alkyl halides is 3. The molecule has 0 bridgehead atoms. The molecule has 1 amide bonds. The Labute approximate surface area is 320 Å². The largest absolute Gasteiger partial charge is 0.487 e. The molecule has 5 rings (SSSR count). The summed E-state index contributed by atoms with van der Waals surface area (Å²) < 4.78 is 92.7. The van der Waals surface area contributed by atoms with Gasteiger partial charge >= 0.3 is 12.3 Å². The second kappa shape index (κ2) is 15.4. The zero-order chi connectivity index (χ0) is 40.7. The maximum atomic E-state index is 15.3. The number of hydrogen-bond donors (Lipinski definition) is 3. The van der Waals surface area contributed by atoms with Crippen LogP contribution in [-0.2, 0) is 26.9 Å². The average molecular weight is 794 g/mol. The van der Waals surface area contributed by atoms with Gasteiger partial charge in [-0.25, -0.2) is 23.1 Å². The zero-order valence-corrected chi connectivity index (χ0v) is 32.6. The third kappa shape index (κ3) is 9.47. The van der Waals surface area contributed by atoms with E-state index in [4.69, 9.17) is 14.2 Å². The van der Waals surface area contributed by atoms with Crippen molar-refractivity contribution in [2.45, 2.75) is 108 Å². The lowest BCUT2D eigenvalue weighted by Crippen LogP contribution is -2.50. The highest BCUT2D eigenvalue weighted by Crippen LogP contribution is 2.50. The van der Waals surface area contributed by atoms with E-state index < -0.39 is 74.9 Å². The Hall–Kier alpha value is -4.12. The number of nitrogens with zero attached hydrogens (tertiary/aromatic N) is 2. The standard InChI is InChI=1S/C39H47F4N3O8S/c1-35(2,3)54-34(49)46-22-37(7,45-55(51)36(4,5)6)27-21-31(44-32(33(27)46)23-8-11-25(40)12-9-23)38(50,39(41,42)43)17-16-28(48)24-10-15-29(53-26-13-14-26)30(20-24)52-19-18-47/h8-12,15,20-21,26,45,47,50H,13-14,16-19,22H2,1-7H3/t37-,38-,55?/m1/s1. The first-order valence-corrected chi connectivity index (χ1v) is 19.0. The molecule has 1 aromatic heterocycles. The van der Waals surface area contributed by atoms with Crippen LogP contribution in [0.5, 0.6) is 11.5 Å². The van der Waals surface area contributed by atoms with Gasteiger partial charge in [0.25, 0.3) is 0 Å². The van der Waals surface area contributed by atoms with E-state index in [1.165, 1.54) is 35.2 Å². The molecule has 2 heterocycles. The summed E-state index contributed by atoms with van der Waals surface area (Å²) in [5, 5.41) is 21.0. The number of aliphatic hydroxyl groups is 2. The van der Waals surface area contributed by atoms with Crippen molar-refractivity contribution >= 4 is 28.5 Å². The van der Waals surface area contributed by atoms with E-state index in [0.717, 1.165) is 31.0 Å². The van der Waals surface area contributed by atoms with E-state index in [9.17, 15) is 28.4 Å². The van der Waals surface area contributed by atoms with E-state index in [1.54, 1.807) is 48.5 Å². The Kier molecular flexibility index (Phi) is 11.8. The van der Waals surface area contributed by atoms with Gasteiger partial charge in [0.1, 0.15) is 18.0 Å². The number of carbonyl (C=O) groups is 2. The smallest absolute Gasteiger partial charge is 0.422 e. The van der Waals surface area contributed by atoms with Crippen LogP contribution in [0.25, 0.3) is 11.3 Å². The van der Waals surface area contributed by atoms with Crippen molar-refractivity contribution in [1.82, 2.24) is 9.71 Å². The molecule has 2 aliphatic rings. The number of anilines is 1. The number of carbonyl (C=O) groups excluding carboxylic acids is 2. The summed E-state index contributed by atoms with van der Waals surface area (Å²) in [7, 11) is -1.82. The number of Topliss-reactive ketones (excluding diaryl/α,β-unsaturated/α-hetero) is 1.